The van der Waals surface area contributed by atoms with E-state index in [2.05, 4.69) is 5.32 Å². The van der Waals surface area contributed by atoms with Gasteiger partial charge in [0.05, 0.1) is 44.8 Å². The molecular weight excluding hydrogens is 536 g/mol. The number of methoxy groups -OCH3 is 3. The molecule has 1 fully saturated rings. The molecule has 0 saturated carbocycles. The summed E-state index contributed by atoms with van der Waals surface area (Å²) in [5.41, 5.74) is 2.08. The Kier molecular flexibility index (Phi) is 6.52. The van der Waals surface area contributed by atoms with Crippen molar-refractivity contribution in [3.63, 3.8) is 0 Å². The van der Waals surface area contributed by atoms with E-state index in [-0.39, 0.29) is 24.7 Å². The van der Waals surface area contributed by atoms with Crippen molar-refractivity contribution in [2.75, 3.05) is 34.7 Å². The third-order valence-corrected chi connectivity index (χ3v) is 7.84. The van der Waals surface area contributed by atoms with Gasteiger partial charge in [-0.25, -0.2) is 0 Å². The smallest absolute Gasteiger partial charge is 0.310 e. The van der Waals surface area contributed by atoms with Crippen LogP contribution in [0.1, 0.15) is 39.0 Å². The highest BCUT2D eigenvalue weighted by molar-refractivity contribution is 5.95. The Morgan fingerprint density at radius 1 is 0.951 bits per heavy atom. The third-order valence-electron chi connectivity index (χ3n) is 7.84. The lowest BCUT2D eigenvalue weighted by Crippen LogP contribution is -2.42. The fourth-order valence-corrected chi connectivity index (χ4v) is 6.01. The van der Waals surface area contributed by atoms with Crippen molar-refractivity contribution in [2.45, 2.75) is 12.0 Å². The molecule has 212 valence electrons. The zero-order valence-corrected chi connectivity index (χ0v) is 22.4. The number of carbonyl (C=O) groups excluding carboxylic acids is 2. The zero-order valence-electron chi connectivity index (χ0n) is 22.4. The topological polar surface area (TPSA) is 145 Å². The number of fused-ring (bicyclic) bond motifs is 3. The Bertz CT molecular complexity index is 1550. The monoisotopic (exact) mass is 562 g/mol. The molecule has 0 radical (unpaired) electrons. The van der Waals surface area contributed by atoms with E-state index in [1.807, 2.05) is 6.07 Å². The minimum absolute atomic E-state index is 0.0344. The quantitative estimate of drug-likeness (QED) is 0.257. The molecule has 12 heteroatoms. The summed E-state index contributed by atoms with van der Waals surface area (Å²) in [4.78, 5) is 37.5. The van der Waals surface area contributed by atoms with Gasteiger partial charge in [0.15, 0.2) is 23.0 Å². The van der Waals surface area contributed by atoms with Gasteiger partial charge in [-0.3, -0.25) is 19.7 Å². The van der Waals surface area contributed by atoms with Crippen molar-refractivity contribution < 1.29 is 42.9 Å². The Labute approximate surface area is 234 Å². The van der Waals surface area contributed by atoms with Crippen LogP contribution >= 0.6 is 0 Å². The molecule has 4 atom stereocenters. The highest BCUT2D eigenvalue weighted by Crippen LogP contribution is 2.55. The summed E-state index contributed by atoms with van der Waals surface area (Å²) in [5, 5.41) is 14.3. The molecule has 1 aliphatic carbocycles. The molecule has 2 aliphatic heterocycles. The van der Waals surface area contributed by atoms with Gasteiger partial charge in [0.1, 0.15) is 0 Å². The van der Waals surface area contributed by atoms with Crippen molar-refractivity contribution >= 4 is 17.6 Å². The molecule has 3 aromatic carbocycles. The molecule has 0 unspecified atom stereocenters. The van der Waals surface area contributed by atoms with E-state index >= 15 is 0 Å². The maximum atomic E-state index is 13.4. The number of non-ortho nitro benzene ring substituents is 1. The summed E-state index contributed by atoms with van der Waals surface area (Å²) in [5.74, 6) is -0.310. The van der Waals surface area contributed by atoms with Crippen LogP contribution in [0.2, 0.25) is 0 Å². The van der Waals surface area contributed by atoms with Crippen molar-refractivity contribution in [1.29, 1.82) is 0 Å². The second-order valence-electron chi connectivity index (χ2n) is 9.85. The van der Waals surface area contributed by atoms with E-state index in [1.165, 1.54) is 45.6 Å². The second kappa shape index (κ2) is 10.2. The van der Waals surface area contributed by atoms with Crippen molar-refractivity contribution in [1.82, 2.24) is 5.32 Å². The third kappa shape index (κ3) is 4.31. The van der Waals surface area contributed by atoms with Crippen molar-refractivity contribution in [3.05, 3.63) is 80.9 Å². The molecule has 3 aliphatic rings. The van der Waals surface area contributed by atoms with Crippen LogP contribution in [-0.4, -0.2) is 51.5 Å². The number of hydrogen-bond donors (Lipinski definition) is 1. The predicted octanol–water partition coefficient (Wildman–Crippen LogP) is 3.76. The Hall–Kier alpha value is -5.00. The molecule has 41 heavy (non-hydrogen) atoms. The lowest BCUT2D eigenvalue weighted by atomic mass is 9.65. The molecule has 12 nitrogen and oxygen atoms in total. The number of esters is 1. The van der Waals surface area contributed by atoms with Crippen LogP contribution in [0.4, 0.5) is 5.69 Å². The first-order valence-corrected chi connectivity index (χ1v) is 12.8. The number of carbonyl (C=O) groups is 2. The molecule has 0 bridgehead atoms. The van der Waals surface area contributed by atoms with Crippen LogP contribution in [0.25, 0.3) is 0 Å². The van der Waals surface area contributed by atoms with Crippen LogP contribution in [0, 0.1) is 22.0 Å². The molecule has 0 spiro atoms. The van der Waals surface area contributed by atoms with Crippen LogP contribution in [0.5, 0.6) is 28.7 Å². The molecular formula is C29H26N2O10. The Morgan fingerprint density at radius 2 is 1.63 bits per heavy atom. The summed E-state index contributed by atoms with van der Waals surface area (Å²) in [7, 11) is 4.54. The van der Waals surface area contributed by atoms with E-state index in [4.69, 9.17) is 28.4 Å². The average Bonchev–Trinajstić information content (AvgIpc) is 3.61. The summed E-state index contributed by atoms with van der Waals surface area (Å²) in [6.07, 6.45) is 0. The number of benzene rings is 3. The number of ether oxygens (including phenoxy) is 6. The number of rotatable bonds is 7. The lowest BCUT2D eigenvalue weighted by Gasteiger charge is -2.39. The fourth-order valence-electron chi connectivity index (χ4n) is 6.01. The SMILES string of the molecule is COc1cc([C@@H]2c3cc4c(cc3[C@@H](NC(=O)c3cccc([N+](=O)[O-])c3)[C@H]3COC(=O)[C@H]23)OCO4)cc(OC)c1OC. The number of hydrogen-bond acceptors (Lipinski definition) is 10. The van der Waals surface area contributed by atoms with E-state index < -0.39 is 40.6 Å². The lowest BCUT2D eigenvalue weighted by molar-refractivity contribution is -0.384. The first kappa shape index (κ1) is 26.2. The minimum Gasteiger partial charge on any atom is -0.493 e. The number of nitro groups is 1. The van der Waals surface area contributed by atoms with Gasteiger partial charge in [-0.1, -0.05) is 6.07 Å². The van der Waals surface area contributed by atoms with Gasteiger partial charge in [-0.15, -0.1) is 0 Å². The van der Waals surface area contributed by atoms with Gasteiger partial charge in [0.25, 0.3) is 11.6 Å². The first-order chi connectivity index (χ1) is 19.8. The van der Waals surface area contributed by atoms with Crippen LogP contribution < -0.4 is 29.0 Å². The number of nitrogens with zero attached hydrogens (tertiary/aromatic N) is 1. The normalized spacial score (nSPS) is 21.8. The predicted molar refractivity (Wildman–Crippen MR) is 142 cm³/mol. The molecule has 0 aromatic heterocycles. The van der Waals surface area contributed by atoms with E-state index in [0.717, 1.165) is 11.1 Å². The highest BCUT2D eigenvalue weighted by atomic mass is 16.7. The molecule has 6 rings (SSSR count). The largest absolute Gasteiger partial charge is 0.493 e. The second-order valence-corrected chi connectivity index (χ2v) is 9.85. The highest BCUT2D eigenvalue weighted by Gasteiger charge is 2.53. The minimum atomic E-state index is -0.680. The summed E-state index contributed by atoms with van der Waals surface area (Å²) < 4.78 is 33.6. The molecule has 2 heterocycles. The number of nitrogens with one attached hydrogen (secondary N) is 1. The maximum absolute atomic E-state index is 13.4. The van der Waals surface area contributed by atoms with E-state index in [1.54, 1.807) is 18.2 Å². The molecule has 1 N–H and O–H groups in total. The van der Waals surface area contributed by atoms with Crippen molar-refractivity contribution in [2.24, 2.45) is 11.8 Å². The van der Waals surface area contributed by atoms with Gasteiger partial charge < -0.3 is 33.7 Å². The van der Waals surface area contributed by atoms with Crippen molar-refractivity contribution in [3.8, 4) is 28.7 Å². The Balaban J connectivity index is 1.50. The Morgan fingerprint density at radius 3 is 2.27 bits per heavy atom. The fraction of sp³-hybridized carbons (Fsp3) is 0.310. The van der Waals surface area contributed by atoms with E-state index in [0.29, 0.717) is 34.3 Å². The number of amides is 1. The zero-order chi connectivity index (χ0) is 28.8. The molecule has 1 amide bonds. The molecule has 1 saturated heterocycles. The van der Waals surface area contributed by atoms with Gasteiger partial charge >= 0.3 is 5.97 Å². The van der Waals surface area contributed by atoms with Gasteiger partial charge in [-0.2, -0.15) is 0 Å². The standard InChI is InChI=1S/C29H26N2O10/c1-36-22-8-15(9-23(37-2)27(22)38-3)24-17-10-20-21(41-13-40-20)11-18(17)26(19-12-39-29(33)25(19)24)30-28(32)14-5-4-6-16(7-14)31(34)35/h4-11,19,24-26H,12-13H2,1-3H3,(H,30,32)/t19-,24+,25-,26+/m0/s1. The summed E-state index contributed by atoms with van der Waals surface area (Å²) in [6, 6.07) is 12.0. The first-order valence-electron chi connectivity index (χ1n) is 12.8. The number of cyclic esters (lactones) is 1. The van der Waals surface area contributed by atoms with Gasteiger partial charge in [0.2, 0.25) is 12.5 Å². The van der Waals surface area contributed by atoms with Crippen LogP contribution in [-0.2, 0) is 9.53 Å². The summed E-state index contributed by atoms with van der Waals surface area (Å²) >= 11 is 0. The van der Waals surface area contributed by atoms with Crippen LogP contribution in [0.3, 0.4) is 0 Å². The average molecular weight is 563 g/mol. The van der Waals surface area contributed by atoms with E-state index in [9.17, 15) is 19.7 Å². The maximum Gasteiger partial charge on any atom is 0.310 e. The van der Waals surface area contributed by atoms with Gasteiger partial charge in [-0.05, 0) is 47.0 Å². The molecule has 3 aromatic rings. The van der Waals surface area contributed by atoms with Gasteiger partial charge in [0, 0.05) is 29.5 Å². The number of nitro benzene ring substituents is 1. The van der Waals surface area contributed by atoms with Crippen LogP contribution in [0.15, 0.2) is 48.5 Å². The summed E-state index contributed by atoms with van der Waals surface area (Å²) in [6.45, 7) is 0.102.